The van der Waals surface area contributed by atoms with E-state index in [0.29, 0.717) is 5.56 Å². The maximum absolute atomic E-state index is 10.4. The molecule has 20 heavy (non-hydrogen) atoms. The molecule has 1 N–H and O–H groups in total. The minimum absolute atomic E-state index is 0.377. The molecule has 0 saturated heterocycles. The molecule has 0 saturated carbocycles. The Kier molecular flexibility index (Phi) is 4.45. The van der Waals surface area contributed by atoms with Crippen LogP contribution in [0.1, 0.15) is 15.9 Å². The van der Waals surface area contributed by atoms with Gasteiger partial charge >= 0.3 is 5.97 Å². The van der Waals surface area contributed by atoms with Crippen LogP contribution in [0.25, 0.3) is 10.9 Å². The zero-order valence-electron chi connectivity index (χ0n) is 11.2. The summed E-state index contributed by atoms with van der Waals surface area (Å²) in [7, 11) is 0. The monoisotopic (exact) mass is 265 g/mol. The highest BCUT2D eigenvalue weighted by molar-refractivity contribution is 5.89. The van der Waals surface area contributed by atoms with Crippen molar-refractivity contribution in [1.29, 1.82) is 0 Å². The number of aromatic carboxylic acids is 1. The van der Waals surface area contributed by atoms with E-state index < -0.39 is 5.97 Å². The third kappa shape index (κ3) is 3.42. The van der Waals surface area contributed by atoms with Gasteiger partial charge in [0.15, 0.2) is 0 Å². The number of para-hydroxylation sites is 1. The molecule has 100 valence electrons. The summed E-state index contributed by atoms with van der Waals surface area (Å²) in [6.45, 7) is 1.78. The summed E-state index contributed by atoms with van der Waals surface area (Å²) in [4.78, 5) is 14.6. The molecule has 3 heteroatoms. The molecule has 0 atom stereocenters. The lowest BCUT2D eigenvalue weighted by Crippen LogP contribution is -1.97. The third-order valence-corrected chi connectivity index (χ3v) is 2.89. The second-order valence-corrected chi connectivity index (χ2v) is 4.32. The van der Waals surface area contributed by atoms with Crippen LogP contribution in [0.15, 0.2) is 66.9 Å². The topological polar surface area (TPSA) is 50.2 Å². The van der Waals surface area contributed by atoms with Crippen molar-refractivity contribution < 1.29 is 9.90 Å². The number of fused-ring (bicyclic) bond motifs is 1. The van der Waals surface area contributed by atoms with Crippen molar-refractivity contribution in [2.75, 3.05) is 0 Å². The molecule has 3 rings (SSSR count). The van der Waals surface area contributed by atoms with Crippen LogP contribution < -0.4 is 0 Å². The van der Waals surface area contributed by atoms with Crippen molar-refractivity contribution in [3.63, 3.8) is 0 Å². The highest BCUT2D eigenvalue weighted by Gasteiger charge is 2.02. The van der Waals surface area contributed by atoms with Gasteiger partial charge in [0.2, 0.25) is 0 Å². The van der Waals surface area contributed by atoms with Gasteiger partial charge in [-0.05, 0) is 30.7 Å². The van der Waals surface area contributed by atoms with Gasteiger partial charge in [0.25, 0.3) is 0 Å². The third-order valence-electron chi connectivity index (χ3n) is 2.89. The Labute approximate surface area is 117 Å². The van der Waals surface area contributed by atoms with Crippen molar-refractivity contribution in [3.05, 3.63) is 78.0 Å². The molecule has 0 bridgehead atoms. The molecular formula is C17H15NO2. The number of hydrogen-bond donors (Lipinski definition) is 1. The molecule has 0 unspecified atom stereocenters. The van der Waals surface area contributed by atoms with E-state index in [4.69, 9.17) is 5.11 Å². The van der Waals surface area contributed by atoms with Crippen molar-refractivity contribution >= 4 is 16.9 Å². The van der Waals surface area contributed by atoms with Crippen LogP contribution in [0.4, 0.5) is 0 Å². The SMILES string of the molecule is Cc1ccccc1C(=O)O.c1ccc2ncccc2c1. The molecule has 3 nitrogen and oxygen atoms in total. The van der Waals surface area contributed by atoms with Gasteiger partial charge < -0.3 is 5.11 Å². The molecule has 0 radical (unpaired) electrons. The number of nitrogens with zero attached hydrogens (tertiary/aromatic N) is 1. The number of aryl methyl sites for hydroxylation is 1. The van der Waals surface area contributed by atoms with E-state index in [1.807, 2.05) is 36.5 Å². The Morgan fingerprint density at radius 3 is 2.25 bits per heavy atom. The fraction of sp³-hybridized carbons (Fsp3) is 0.0588. The first-order valence-electron chi connectivity index (χ1n) is 6.27. The van der Waals surface area contributed by atoms with Crippen molar-refractivity contribution in [2.24, 2.45) is 0 Å². The van der Waals surface area contributed by atoms with Crippen LogP contribution in [0, 0.1) is 6.92 Å². The number of aromatic nitrogens is 1. The van der Waals surface area contributed by atoms with Crippen LogP contribution in [-0.4, -0.2) is 16.1 Å². The normalized spacial score (nSPS) is 9.65. The summed E-state index contributed by atoms with van der Waals surface area (Å²) >= 11 is 0. The number of carboxylic acid groups (broad SMARTS) is 1. The Balaban J connectivity index is 0.000000147. The summed E-state index contributed by atoms with van der Waals surface area (Å²) in [6, 6.07) is 19.0. The molecule has 0 aliphatic heterocycles. The lowest BCUT2D eigenvalue weighted by Gasteiger charge is -1.96. The number of pyridine rings is 1. The first-order chi connectivity index (χ1) is 9.68. The zero-order chi connectivity index (χ0) is 14.4. The van der Waals surface area contributed by atoms with Crippen LogP contribution in [0.5, 0.6) is 0 Å². The first-order valence-corrected chi connectivity index (χ1v) is 6.27. The van der Waals surface area contributed by atoms with E-state index in [1.54, 1.807) is 25.1 Å². The lowest BCUT2D eigenvalue weighted by molar-refractivity contribution is 0.0696. The minimum atomic E-state index is -0.863. The quantitative estimate of drug-likeness (QED) is 0.725. The maximum Gasteiger partial charge on any atom is 0.335 e. The minimum Gasteiger partial charge on any atom is -0.478 e. The van der Waals surface area contributed by atoms with Gasteiger partial charge in [0.1, 0.15) is 0 Å². The van der Waals surface area contributed by atoms with Gasteiger partial charge in [0, 0.05) is 11.6 Å². The van der Waals surface area contributed by atoms with E-state index >= 15 is 0 Å². The van der Waals surface area contributed by atoms with Crippen molar-refractivity contribution in [1.82, 2.24) is 4.98 Å². The fourth-order valence-electron chi connectivity index (χ4n) is 1.83. The lowest BCUT2D eigenvalue weighted by atomic mass is 10.1. The highest BCUT2D eigenvalue weighted by atomic mass is 16.4. The summed E-state index contributed by atoms with van der Waals surface area (Å²) < 4.78 is 0. The second-order valence-electron chi connectivity index (χ2n) is 4.32. The van der Waals surface area contributed by atoms with Crippen LogP contribution >= 0.6 is 0 Å². The molecular weight excluding hydrogens is 250 g/mol. The average molecular weight is 265 g/mol. The van der Waals surface area contributed by atoms with Crippen LogP contribution in [-0.2, 0) is 0 Å². The molecule has 0 aliphatic carbocycles. The molecule has 0 aliphatic rings. The van der Waals surface area contributed by atoms with Crippen molar-refractivity contribution in [3.8, 4) is 0 Å². The number of benzene rings is 2. The Hall–Kier alpha value is -2.68. The highest BCUT2D eigenvalue weighted by Crippen LogP contribution is 2.08. The van der Waals surface area contributed by atoms with Gasteiger partial charge in [-0.25, -0.2) is 4.79 Å². The van der Waals surface area contributed by atoms with Gasteiger partial charge in [-0.2, -0.15) is 0 Å². The van der Waals surface area contributed by atoms with E-state index in [0.717, 1.165) is 11.1 Å². The summed E-state index contributed by atoms with van der Waals surface area (Å²) in [5, 5.41) is 9.76. The van der Waals surface area contributed by atoms with Crippen LogP contribution in [0.3, 0.4) is 0 Å². The summed E-state index contributed by atoms with van der Waals surface area (Å²) in [6.07, 6.45) is 1.81. The Bertz CT molecular complexity index is 657. The molecule has 0 amide bonds. The van der Waals surface area contributed by atoms with Crippen LogP contribution in [0.2, 0.25) is 0 Å². The molecule has 1 aromatic heterocycles. The van der Waals surface area contributed by atoms with E-state index in [9.17, 15) is 4.79 Å². The average Bonchev–Trinajstić information content (AvgIpc) is 2.48. The number of rotatable bonds is 1. The largest absolute Gasteiger partial charge is 0.478 e. The fourth-order valence-corrected chi connectivity index (χ4v) is 1.83. The van der Waals surface area contributed by atoms with Gasteiger partial charge in [-0.3, -0.25) is 4.98 Å². The second kappa shape index (κ2) is 6.48. The molecule has 3 aromatic rings. The molecule has 0 spiro atoms. The predicted molar refractivity (Wildman–Crippen MR) is 79.9 cm³/mol. The Morgan fingerprint density at radius 2 is 1.60 bits per heavy atom. The van der Waals surface area contributed by atoms with Gasteiger partial charge in [-0.1, -0.05) is 42.5 Å². The number of carbonyl (C=O) groups is 1. The van der Waals surface area contributed by atoms with E-state index in [-0.39, 0.29) is 0 Å². The first kappa shape index (κ1) is 13.7. The summed E-state index contributed by atoms with van der Waals surface area (Å²) in [5.74, 6) is -0.863. The molecule has 0 fully saturated rings. The van der Waals surface area contributed by atoms with Crippen molar-refractivity contribution in [2.45, 2.75) is 6.92 Å². The zero-order valence-corrected chi connectivity index (χ0v) is 11.2. The van der Waals surface area contributed by atoms with E-state index in [2.05, 4.69) is 17.1 Å². The van der Waals surface area contributed by atoms with Gasteiger partial charge in [0.05, 0.1) is 11.1 Å². The molecule has 1 heterocycles. The van der Waals surface area contributed by atoms with E-state index in [1.165, 1.54) is 5.39 Å². The number of carboxylic acids is 1. The maximum atomic E-state index is 10.4. The molecule has 2 aromatic carbocycles. The number of hydrogen-bond acceptors (Lipinski definition) is 2. The standard InChI is InChI=1S/C9H7N.C8H8O2/c1-2-6-9-8(4-1)5-3-7-10-9;1-6-4-2-3-5-7(6)8(9)10/h1-7H;2-5H,1H3,(H,9,10). The van der Waals surface area contributed by atoms with Gasteiger partial charge in [-0.15, -0.1) is 0 Å². The predicted octanol–water partition coefficient (Wildman–Crippen LogP) is 3.93. The Morgan fingerprint density at radius 1 is 0.950 bits per heavy atom. The smallest absolute Gasteiger partial charge is 0.335 e. The summed E-state index contributed by atoms with van der Waals surface area (Å²) in [5.41, 5.74) is 2.24.